The summed E-state index contributed by atoms with van der Waals surface area (Å²) in [6, 6.07) is 4.79. The standard InChI is InChI=1S/C14H15ClN4O2.C4H7Cl.C2H6/c1-2-3-4-7-16-13(20)11-8-10(5-6-12(11)15)19-9-17-18-14(19)21;1-2-3-4-5;1-2/h2-3,5-6,8-9H,4,7H2,1H3,(H,16,20)(H,18,21);3-4H,2H2,1H3;1-2H3/b3-2+;4-3+;. The van der Waals surface area contributed by atoms with Gasteiger partial charge in [0.05, 0.1) is 16.3 Å². The number of carbonyl (C=O) groups is 1. The third-order valence-electron chi connectivity index (χ3n) is 3.18. The number of aromatic nitrogens is 3. The molecule has 1 heterocycles. The molecule has 2 aromatic rings. The average molecular weight is 427 g/mol. The number of H-pyrrole nitrogens is 1. The smallest absolute Gasteiger partial charge is 0.347 e. The number of benzene rings is 1. The molecule has 1 amide bonds. The summed E-state index contributed by atoms with van der Waals surface area (Å²) in [6.45, 7) is 8.49. The normalized spacial score (nSPS) is 10.2. The third-order valence-corrected chi connectivity index (χ3v) is 3.69. The molecule has 2 N–H and O–H groups in total. The number of nitrogens with zero attached hydrogens (tertiary/aromatic N) is 2. The van der Waals surface area contributed by atoms with Gasteiger partial charge in [0.1, 0.15) is 6.33 Å². The summed E-state index contributed by atoms with van der Waals surface area (Å²) >= 11 is 11.2. The topological polar surface area (TPSA) is 79.8 Å². The van der Waals surface area contributed by atoms with Crippen LogP contribution in [0.2, 0.25) is 5.02 Å². The van der Waals surface area contributed by atoms with E-state index >= 15 is 0 Å². The molecule has 0 spiro atoms. The van der Waals surface area contributed by atoms with Crippen molar-refractivity contribution in [1.82, 2.24) is 20.1 Å². The van der Waals surface area contributed by atoms with Crippen LogP contribution in [0.4, 0.5) is 0 Å². The van der Waals surface area contributed by atoms with Gasteiger partial charge < -0.3 is 5.32 Å². The predicted molar refractivity (Wildman–Crippen MR) is 118 cm³/mol. The zero-order valence-electron chi connectivity index (χ0n) is 16.7. The third kappa shape index (κ3) is 9.06. The molecule has 8 heteroatoms. The number of nitrogens with one attached hydrogen (secondary N) is 2. The van der Waals surface area contributed by atoms with Crippen LogP contribution in [-0.2, 0) is 0 Å². The molecule has 154 valence electrons. The van der Waals surface area contributed by atoms with Crippen molar-refractivity contribution in [2.24, 2.45) is 0 Å². The highest BCUT2D eigenvalue weighted by Crippen LogP contribution is 2.19. The molecule has 0 saturated carbocycles. The first kappa shape index (κ1) is 25.7. The van der Waals surface area contributed by atoms with Crippen molar-refractivity contribution in [2.75, 3.05) is 6.54 Å². The molecule has 0 aliphatic heterocycles. The minimum atomic E-state index is -0.378. The first-order valence-corrected chi connectivity index (χ1v) is 9.93. The van der Waals surface area contributed by atoms with Crippen molar-refractivity contribution >= 4 is 29.1 Å². The fourth-order valence-corrected chi connectivity index (χ4v) is 2.27. The molecule has 0 radical (unpaired) electrons. The Kier molecular flexibility index (Phi) is 14.4. The van der Waals surface area contributed by atoms with Gasteiger partial charge in [0.2, 0.25) is 0 Å². The van der Waals surface area contributed by atoms with E-state index in [-0.39, 0.29) is 11.6 Å². The maximum Gasteiger partial charge on any atom is 0.347 e. The molecule has 0 bridgehead atoms. The minimum absolute atomic E-state index is 0.275. The highest BCUT2D eigenvalue weighted by Gasteiger charge is 2.12. The lowest BCUT2D eigenvalue weighted by molar-refractivity contribution is 0.0954. The maximum absolute atomic E-state index is 12.1. The molecule has 1 aromatic heterocycles. The van der Waals surface area contributed by atoms with Crippen molar-refractivity contribution in [3.63, 3.8) is 0 Å². The number of carbonyl (C=O) groups excluding carboxylic acids is 1. The predicted octanol–water partition coefficient (Wildman–Crippen LogP) is 5.09. The second-order valence-electron chi connectivity index (χ2n) is 5.08. The van der Waals surface area contributed by atoms with Gasteiger partial charge in [-0.25, -0.2) is 14.5 Å². The monoisotopic (exact) mass is 426 g/mol. The molecule has 2 rings (SSSR count). The molecule has 0 aliphatic rings. The van der Waals surface area contributed by atoms with E-state index in [0.29, 0.717) is 22.8 Å². The van der Waals surface area contributed by atoms with Gasteiger partial charge in [-0.3, -0.25) is 4.79 Å². The van der Waals surface area contributed by atoms with Crippen molar-refractivity contribution in [1.29, 1.82) is 0 Å². The Balaban J connectivity index is 0.000000906. The SMILES string of the molecule is C/C=C/CCNC(=O)c1cc(-n2cn[nH]c2=O)ccc1Cl.CC.CC/C=C/Cl. The lowest BCUT2D eigenvalue weighted by Gasteiger charge is -2.08. The number of hydrogen-bond donors (Lipinski definition) is 2. The van der Waals surface area contributed by atoms with Gasteiger partial charge in [-0.2, -0.15) is 5.10 Å². The van der Waals surface area contributed by atoms with Crippen LogP contribution >= 0.6 is 23.2 Å². The number of hydrogen-bond acceptors (Lipinski definition) is 3. The number of rotatable bonds is 6. The summed E-state index contributed by atoms with van der Waals surface area (Å²) in [5.74, 6) is -0.275. The fourth-order valence-electron chi connectivity index (χ4n) is 1.89. The summed E-state index contributed by atoms with van der Waals surface area (Å²) < 4.78 is 1.30. The van der Waals surface area contributed by atoms with Crippen LogP contribution in [0.3, 0.4) is 0 Å². The fraction of sp³-hybridized carbons (Fsp3) is 0.350. The first-order chi connectivity index (χ1) is 13.5. The van der Waals surface area contributed by atoms with Crippen LogP contribution in [0.5, 0.6) is 0 Å². The Morgan fingerprint density at radius 3 is 2.54 bits per heavy atom. The lowest BCUT2D eigenvalue weighted by Crippen LogP contribution is -2.25. The van der Waals surface area contributed by atoms with E-state index in [4.69, 9.17) is 23.2 Å². The number of aromatic amines is 1. The van der Waals surface area contributed by atoms with Crippen molar-refractivity contribution in [3.05, 3.63) is 69.4 Å². The Morgan fingerprint density at radius 1 is 1.32 bits per heavy atom. The molecule has 0 aliphatic carbocycles. The summed E-state index contributed by atoms with van der Waals surface area (Å²) in [4.78, 5) is 23.6. The van der Waals surface area contributed by atoms with Gasteiger partial charge in [0, 0.05) is 12.1 Å². The summed E-state index contributed by atoms with van der Waals surface area (Å²) in [6.07, 6.45) is 8.90. The molecule has 28 heavy (non-hydrogen) atoms. The highest BCUT2D eigenvalue weighted by atomic mass is 35.5. The summed E-state index contributed by atoms with van der Waals surface area (Å²) in [7, 11) is 0. The van der Waals surface area contributed by atoms with Crippen molar-refractivity contribution in [3.8, 4) is 5.69 Å². The molecule has 0 fully saturated rings. The highest BCUT2D eigenvalue weighted by molar-refractivity contribution is 6.33. The van der Waals surface area contributed by atoms with E-state index in [1.807, 2.05) is 45.9 Å². The Hall–Kier alpha value is -2.31. The van der Waals surface area contributed by atoms with E-state index in [1.165, 1.54) is 16.4 Å². The largest absolute Gasteiger partial charge is 0.352 e. The van der Waals surface area contributed by atoms with E-state index in [1.54, 1.807) is 18.2 Å². The van der Waals surface area contributed by atoms with Crippen LogP contribution in [0.15, 0.2) is 53.1 Å². The van der Waals surface area contributed by atoms with E-state index in [0.717, 1.165) is 12.8 Å². The van der Waals surface area contributed by atoms with Crippen molar-refractivity contribution in [2.45, 2.75) is 40.5 Å². The molecule has 0 atom stereocenters. The van der Waals surface area contributed by atoms with Crippen LogP contribution in [-0.4, -0.2) is 27.2 Å². The zero-order valence-corrected chi connectivity index (χ0v) is 18.2. The number of halogens is 2. The molecule has 0 unspecified atom stereocenters. The van der Waals surface area contributed by atoms with Crippen LogP contribution < -0.4 is 11.0 Å². The molecule has 6 nitrogen and oxygen atoms in total. The number of amides is 1. The Bertz CT molecular complexity index is 811. The minimum Gasteiger partial charge on any atom is -0.352 e. The second-order valence-corrected chi connectivity index (χ2v) is 5.74. The van der Waals surface area contributed by atoms with E-state index in [9.17, 15) is 9.59 Å². The Morgan fingerprint density at radius 2 is 2.04 bits per heavy atom. The van der Waals surface area contributed by atoms with Crippen LogP contribution in [0.25, 0.3) is 5.69 Å². The quantitative estimate of drug-likeness (QED) is 0.498. The molecule has 0 saturated heterocycles. The molecular formula is C20H28Cl2N4O2. The van der Waals surface area contributed by atoms with Gasteiger partial charge >= 0.3 is 5.69 Å². The van der Waals surface area contributed by atoms with Gasteiger partial charge in [-0.1, -0.05) is 62.2 Å². The zero-order chi connectivity index (χ0) is 21.4. The average Bonchev–Trinajstić information content (AvgIpc) is 3.14. The summed E-state index contributed by atoms with van der Waals surface area (Å²) in [5.41, 5.74) is 2.00. The van der Waals surface area contributed by atoms with E-state index in [2.05, 4.69) is 15.5 Å². The van der Waals surface area contributed by atoms with Gasteiger partial charge in [-0.05, 0) is 38.0 Å². The molecule has 1 aromatic carbocycles. The van der Waals surface area contributed by atoms with Crippen LogP contribution in [0.1, 0.15) is 50.9 Å². The van der Waals surface area contributed by atoms with Gasteiger partial charge in [-0.15, -0.1) is 0 Å². The molecular weight excluding hydrogens is 399 g/mol. The maximum atomic E-state index is 12.1. The lowest BCUT2D eigenvalue weighted by atomic mass is 10.2. The number of allylic oxidation sites excluding steroid dienone is 2. The van der Waals surface area contributed by atoms with Crippen molar-refractivity contribution < 1.29 is 4.79 Å². The van der Waals surface area contributed by atoms with E-state index < -0.39 is 0 Å². The van der Waals surface area contributed by atoms with Crippen LogP contribution in [0, 0.1) is 0 Å². The van der Waals surface area contributed by atoms with Gasteiger partial charge in [0.25, 0.3) is 5.91 Å². The Labute approximate surface area is 176 Å². The summed E-state index contributed by atoms with van der Waals surface area (Å²) in [5, 5.41) is 9.05. The second kappa shape index (κ2) is 15.7. The van der Waals surface area contributed by atoms with Gasteiger partial charge in [0.15, 0.2) is 0 Å². The first-order valence-electron chi connectivity index (χ1n) is 9.11.